The molecule has 0 aromatic rings. The monoisotopic (exact) mass is 352 g/mol. The molecule has 0 spiro atoms. The van der Waals surface area contributed by atoms with E-state index in [1.807, 2.05) is 0 Å². The van der Waals surface area contributed by atoms with Crippen molar-refractivity contribution in [1.82, 2.24) is 0 Å². The maximum absolute atomic E-state index is 12.0. The van der Waals surface area contributed by atoms with E-state index in [2.05, 4.69) is 9.98 Å². The SMILES string of the molecule is CC(C)OC(=O)C1COC(C2(C3=NC(C(=O)OC(C)C)CO3)CC2)=N1. The Kier molecular flexibility index (Phi) is 4.71. The van der Waals surface area contributed by atoms with E-state index < -0.39 is 29.4 Å². The third-order valence-corrected chi connectivity index (χ3v) is 4.12. The van der Waals surface area contributed by atoms with Gasteiger partial charge in [-0.25, -0.2) is 19.6 Å². The van der Waals surface area contributed by atoms with E-state index in [1.54, 1.807) is 27.7 Å². The van der Waals surface area contributed by atoms with Gasteiger partial charge >= 0.3 is 11.9 Å². The Morgan fingerprint density at radius 3 is 1.64 bits per heavy atom. The molecule has 0 aromatic carbocycles. The topological polar surface area (TPSA) is 95.8 Å². The lowest BCUT2D eigenvalue weighted by atomic mass is 10.1. The second-order valence-corrected chi connectivity index (χ2v) is 7.08. The van der Waals surface area contributed by atoms with Crippen LogP contribution in [-0.2, 0) is 28.5 Å². The predicted octanol–water partition coefficient (Wildman–Crippen LogP) is 1.26. The summed E-state index contributed by atoms with van der Waals surface area (Å²) in [6.07, 6.45) is 1.14. The molecule has 0 radical (unpaired) electrons. The van der Waals surface area contributed by atoms with Crippen LogP contribution in [0.15, 0.2) is 9.98 Å². The van der Waals surface area contributed by atoms with E-state index in [9.17, 15) is 9.59 Å². The number of rotatable bonds is 6. The van der Waals surface area contributed by atoms with Gasteiger partial charge in [-0.1, -0.05) is 0 Å². The van der Waals surface area contributed by atoms with Crippen molar-refractivity contribution in [3.63, 3.8) is 0 Å². The number of nitrogens with zero attached hydrogens (tertiary/aromatic N) is 2. The van der Waals surface area contributed by atoms with Crippen LogP contribution in [-0.4, -0.2) is 61.2 Å². The van der Waals surface area contributed by atoms with Gasteiger partial charge in [-0.2, -0.15) is 0 Å². The average molecular weight is 352 g/mol. The zero-order valence-electron chi connectivity index (χ0n) is 15.0. The van der Waals surface area contributed by atoms with Crippen LogP contribution in [0.3, 0.4) is 0 Å². The highest BCUT2D eigenvalue weighted by atomic mass is 16.6. The van der Waals surface area contributed by atoms with Crippen molar-refractivity contribution < 1.29 is 28.5 Å². The Balaban J connectivity index is 1.69. The standard InChI is InChI=1S/C17H24N2O6/c1-9(2)24-13(20)11-7-22-15(18-11)17(5-6-17)16-19-12(8-23-16)14(21)25-10(3)4/h9-12H,5-8H2,1-4H3. The van der Waals surface area contributed by atoms with Crippen molar-refractivity contribution >= 4 is 23.7 Å². The van der Waals surface area contributed by atoms with E-state index in [0.717, 1.165) is 12.8 Å². The fourth-order valence-electron chi connectivity index (χ4n) is 2.78. The molecular formula is C17H24N2O6. The zero-order chi connectivity index (χ0) is 18.2. The Bertz CT molecular complexity index is 571. The molecule has 1 aliphatic carbocycles. The number of hydrogen-bond acceptors (Lipinski definition) is 8. The first-order chi connectivity index (χ1) is 11.8. The van der Waals surface area contributed by atoms with Crippen LogP contribution < -0.4 is 0 Å². The molecule has 8 heteroatoms. The molecule has 3 rings (SSSR count). The lowest BCUT2D eigenvalue weighted by molar-refractivity contribution is -0.150. The number of aliphatic imine (C=N–C) groups is 2. The largest absolute Gasteiger partial charge is 0.477 e. The fourth-order valence-corrected chi connectivity index (χ4v) is 2.78. The van der Waals surface area contributed by atoms with Gasteiger partial charge in [-0.15, -0.1) is 0 Å². The van der Waals surface area contributed by atoms with Gasteiger partial charge in [0.1, 0.15) is 18.6 Å². The molecule has 0 bridgehead atoms. The summed E-state index contributed by atoms with van der Waals surface area (Å²) in [4.78, 5) is 32.7. The average Bonchev–Trinajstić information content (AvgIpc) is 3.00. The molecule has 138 valence electrons. The van der Waals surface area contributed by atoms with Crippen LogP contribution in [0.1, 0.15) is 40.5 Å². The maximum atomic E-state index is 12.0. The Morgan fingerprint density at radius 2 is 1.32 bits per heavy atom. The molecule has 0 aromatic heterocycles. The van der Waals surface area contributed by atoms with Crippen LogP contribution in [0.4, 0.5) is 0 Å². The first-order valence-corrected chi connectivity index (χ1v) is 8.65. The molecule has 2 atom stereocenters. The summed E-state index contributed by atoms with van der Waals surface area (Å²) in [6, 6.07) is -1.31. The molecule has 0 N–H and O–H groups in total. The van der Waals surface area contributed by atoms with Crippen molar-refractivity contribution in [1.29, 1.82) is 0 Å². The van der Waals surface area contributed by atoms with Crippen LogP contribution >= 0.6 is 0 Å². The molecule has 8 nitrogen and oxygen atoms in total. The van der Waals surface area contributed by atoms with Gasteiger partial charge in [-0.3, -0.25) is 0 Å². The Morgan fingerprint density at radius 1 is 0.920 bits per heavy atom. The lowest BCUT2D eigenvalue weighted by Crippen LogP contribution is -2.26. The third-order valence-electron chi connectivity index (χ3n) is 4.12. The van der Waals surface area contributed by atoms with Crippen molar-refractivity contribution in [2.75, 3.05) is 13.2 Å². The summed E-state index contributed by atoms with van der Waals surface area (Å²) in [5.74, 6) is 0.117. The summed E-state index contributed by atoms with van der Waals surface area (Å²) in [5, 5.41) is 0. The first-order valence-electron chi connectivity index (χ1n) is 8.65. The molecule has 2 aliphatic heterocycles. The van der Waals surface area contributed by atoms with Crippen molar-refractivity contribution in [2.24, 2.45) is 15.4 Å². The summed E-state index contributed by atoms with van der Waals surface area (Å²) < 4.78 is 21.6. The van der Waals surface area contributed by atoms with Gasteiger partial charge in [0.25, 0.3) is 0 Å². The quantitative estimate of drug-likeness (QED) is 0.668. The van der Waals surface area contributed by atoms with E-state index >= 15 is 0 Å². The first kappa shape index (κ1) is 17.7. The Labute approximate surface area is 146 Å². The highest BCUT2D eigenvalue weighted by molar-refractivity contribution is 6.10. The van der Waals surface area contributed by atoms with Crippen LogP contribution in [0, 0.1) is 5.41 Å². The highest BCUT2D eigenvalue weighted by Gasteiger charge is 2.59. The molecule has 3 aliphatic rings. The van der Waals surface area contributed by atoms with E-state index in [-0.39, 0.29) is 25.4 Å². The van der Waals surface area contributed by atoms with Crippen LogP contribution in [0.5, 0.6) is 0 Å². The molecule has 0 amide bonds. The van der Waals surface area contributed by atoms with Gasteiger partial charge in [0, 0.05) is 0 Å². The van der Waals surface area contributed by atoms with Gasteiger partial charge in [0.05, 0.1) is 12.2 Å². The van der Waals surface area contributed by atoms with Crippen molar-refractivity contribution in [3.05, 3.63) is 0 Å². The second-order valence-electron chi connectivity index (χ2n) is 7.08. The second kappa shape index (κ2) is 6.65. The molecule has 2 heterocycles. The molecule has 25 heavy (non-hydrogen) atoms. The summed E-state index contributed by atoms with van der Waals surface area (Å²) >= 11 is 0. The maximum Gasteiger partial charge on any atom is 0.334 e. The number of hydrogen-bond donors (Lipinski definition) is 0. The minimum absolute atomic E-state index is 0.161. The Hall–Kier alpha value is -2.12. The van der Waals surface area contributed by atoms with Crippen molar-refractivity contribution in [2.45, 2.75) is 64.8 Å². The lowest BCUT2D eigenvalue weighted by Gasteiger charge is -2.13. The van der Waals surface area contributed by atoms with Crippen molar-refractivity contribution in [3.8, 4) is 0 Å². The van der Waals surface area contributed by atoms with Crippen LogP contribution in [0.25, 0.3) is 0 Å². The number of esters is 2. The highest BCUT2D eigenvalue weighted by Crippen LogP contribution is 2.51. The fraction of sp³-hybridized carbons (Fsp3) is 0.765. The normalized spacial score (nSPS) is 26.6. The number of carbonyl (C=O) groups is 2. The van der Waals surface area contributed by atoms with Gasteiger partial charge in [-0.05, 0) is 40.5 Å². The molecule has 1 saturated carbocycles. The predicted molar refractivity (Wildman–Crippen MR) is 88.5 cm³/mol. The summed E-state index contributed by atoms with van der Waals surface area (Å²) in [5.41, 5.74) is -0.542. The number of ether oxygens (including phenoxy) is 4. The molecule has 0 saturated heterocycles. The van der Waals surface area contributed by atoms with E-state index in [0.29, 0.717) is 11.8 Å². The van der Waals surface area contributed by atoms with Gasteiger partial charge in [0.15, 0.2) is 23.9 Å². The zero-order valence-corrected chi connectivity index (χ0v) is 15.0. The van der Waals surface area contributed by atoms with Gasteiger partial charge < -0.3 is 18.9 Å². The van der Waals surface area contributed by atoms with E-state index in [1.165, 1.54) is 0 Å². The molecule has 1 fully saturated rings. The van der Waals surface area contributed by atoms with Crippen LogP contribution in [0.2, 0.25) is 0 Å². The van der Waals surface area contributed by atoms with Gasteiger partial charge in [0.2, 0.25) is 0 Å². The minimum Gasteiger partial charge on any atom is -0.477 e. The number of carbonyl (C=O) groups excluding carboxylic acids is 2. The minimum atomic E-state index is -0.654. The third kappa shape index (κ3) is 3.62. The van der Waals surface area contributed by atoms with E-state index in [4.69, 9.17) is 18.9 Å². The molecular weight excluding hydrogens is 328 g/mol. The summed E-state index contributed by atoms with van der Waals surface area (Å²) in [7, 11) is 0. The smallest absolute Gasteiger partial charge is 0.334 e. The molecule has 2 unspecified atom stereocenters. The summed E-state index contributed by atoms with van der Waals surface area (Å²) in [6.45, 7) is 7.48.